The van der Waals surface area contributed by atoms with E-state index in [9.17, 15) is 15.2 Å². The molecule has 1 N–H and O–H groups in total. The van der Waals surface area contributed by atoms with E-state index in [-0.39, 0.29) is 12.5 Å². The van der Waals surface area contributed by atoms with Crippen LogP contribution in [0.1, 0.15) is 46.0 Å². The fourth-order valence-electron chi connectivity index (χ4n) is 2.95. The highest BCUT2D eigenvalue weighted by Gasteiger charge is 2.38. The normalized spacial score (nSPS) is 18.6. The van der Waals surface area contributed by atoms with E-state index < -0.39 is 11.1 Å². The summed E-state index contributed by atoms with van der Waals surface area (Å²) >= 11 is 0. The Bertz CT molecular complexity index is 376. The van der Waals surface area contributed by atoms with Crippen LogP contribution < -0.4 is 0 Å². The lowest BCUT2D eigenvalue weighted by molar-refractivity contribution is -0.136. The Labute approximate surface area is 122 Å². The molecule has 1 rings (SSSR count). The monoisotopic (exact) mass is 281 g/mol. The first-order valence-corrected chi connectivity index (χ1v) is 7.29. The van der Waals surface area contributed by atoms with Crippen molar-refractivity contribution in [2.45, 2.75) is 57.1 Å². The molecule has 5 nitrogen and oxygen atoms in total. The zero-order valence-electron chi connectivity index (χ0n) is 13.1. The maximum Gasteiger partial charge on any atom is 0.237 e. The summed E-state index contributed by atoms with van der Waals surface area (Å²) in [7, 11) is 3.54. The Morgan fingerprint density at radius 3 is 2.30 bits per heavy atom. The summed E-state index contributed by atoms with van der Waals surface area (Å²) in [6.07, 6.45) is 4.68. The predicted octanol–water partition coefficient (Wildman–Crippen LogP) is 1.37. The molecular weight excluding hydrogens is 254 g/mol. The van der Waals surface area contributed by atoms with Crippen molar-refractivity contribution in [2.75, 3.05) is 27.2 Å². The Kier molecular flexibility index (Phi) is 5.55. The second-order valence-electron chi connectivity index (χ2n) is 6.64. The van der Waals surface area contributed by atoms with Gasteiger partial charge in [-0.15, -0.1) is 0 Å². The first-order valence-electron chi connectivity index (χ1n) is 7.29. The van der Waals surface area contributed by atoms with Gasteiger partial charge in [0, 0.05) is 13.6 Å². The summed E-state index contributed by atoms with van der Waals surface area (Å²) in [5.74, 6) is -0.0554. The zero-order valence-corrected chi connectivity index (χ0v) is 13.1. The van der Waals surface area contributed by atoms with Gasteiger partial charge in [0.05, 0.1) is 18.2 Å². The lowest BCUT2D eigenvalue weighted by Gasteiger charge is -2.39. The van der Waals surface area contributed by atoms with Gasteiger partial charge < -0.3 is 10.0 Å². The van der Waals surface area contributed by atoms with Crippen molar-refractivity contribution in [3.63, 3.8) is 0 Å². The first kappa shape index (κ1) is 16.9. The molecule has 0 unspecified atom stereocenters. The summed E-state index contributed by atoms with van der Waals surface area (Å²) < 4.78 is 0. The van der Waals surface area contributed by atoms with Gasteiger partial charge in [-0.25, -0.2) is 0 Å². The topological polar surface area (TPSA) is 67.6 Å². The number of amides is 1. The summed E-state index contributed by atoms with van der Waals surface area (Å²) in [6.45, 7) is 4.08. The molecule has 1 aliphatic rings. The third-order valence-electron chi connectivity index (χ3n) is 3.97. The third-order valence-corrected chi connectivity index (χ3v) is 3.97. The molecular formula is C15H27N3O2. The number of nitriles is 1. The van der Waals surface area contributed by atoms with Gasteiger partial charge in [-0.3, -0.25) is 9.69 Å². The SMILES string of the molecule is CN(CC(=O)N(C)C1(C#N)CCCCC1)CC(C)(C)O. The fraction of sp³-hybridized carbons (Fsp3) is 0.867. The van der Waals surface area contributed by atoms with E-state index >= 15 is 0 Å². The molecule has 0 aromatic heterocycles. The fourth-order valence-corrected chi connectivity index (χ4v) is 2.95. The molecule has 1 saturated carbocycles. The molecule has 1 aliphatic carbocycles. The summed E-state index contributed by atoms with van der Waals surface area (Å²) in [4.78, 5) is 15.8. The highest BCUT2D eigenvalue weighted by atomic mass is 16.3. The van der Waals surface area contributed by atoms with Crippen molar-refractivity contribution >= 4 is 5.91 Å². The quantitative estimate of drug-likeness (QED) is 0.826. The molecule has 114 valence electrons. The van der Waals surface area contributed by atoms with Crippen LogP contribution in [0.25, 0.3) is 0 Å². The molecule has 0 aromatic carbocycles. The predicted molar refractivity (Wildman–Crippen MR) is 78.0 cm³/mol. The van der Waals surface area contributed by atoms with Crippen LogP contribution in [0.3, 0.4) is 0 Å². The van der Waals surface area contributed by atoms with Gasteiger partial charge in [0.1, 0.15) is 5.54 Å². The van der Waals surface area contributed by atoms with Crippen LogP contribution in [0.15, 0.2) is 0 Å². The third kappa shape index (κ3) is 4.46. The van der Waals surface area contributed by atoms with Gasteiger partial charge in [0.2, 0.25) is 5.91 Å². The second kappa shape index (κ2) is 6.55. The molecule has 0 bridgehead atoms. The van der Waals surface area contributed by atoms with E-state index in [1.165, 1.54) is 0 Å². The number of likely N-dealkylation sites (N-methyl/N-ethyl adjacent to an activating group) is 2. The summed E-state index contributed by atoms with van der Waals surface area (Å²) in [5, 5.41) is 19.3. The van der Waals surface area contributed by atoms with E-state index in [0.717, 1.165) is 32.1 Å². The maximum absolute atomic E-state index is 12.4. The minimum Gasteiger partial charge on any atom is -0.389 e. The summed E-state index contributed by atoms with van der Waals surface area (Å²) in [6, 6.07) is 2.36. The number of aliphatic hydroxyl groups is 1. The molecule has 0 heterocycles. The minimum atomic E-state index is -0.828. The van der Waals surface area contributed by atoms with Crippen molar-refractivity contribution in [2.24, 2.45) is 0 Å². The molecule has 0 aromatic rings. The van der Waals surface area contributed by atoms with Crippen LogP contribution in [0.2, 0.25) is 0 Å². The van der Waals surface area contributed by atoms with Crippen molar-refractivity contribution in [3.8, 4) is 6.07 Å². The van der Waals surface area contributed by atoms with E-state index in [0.29, 0.717) is 6.54 Å². The van der Waals surface area contributed by atoms with Crippen molar-refractivity contribution in [3.05, 3.63) is 0 Å². The van der Waals surface area contributed by atoms with Crippen molar-refractivity contribution in [1.82, 2.24) is 9.80 Å². The van der Waals surface area contributed by atoms with Crippen LogP contribution in [0.5, 0.6) is 0 Å². The van der Waals surface area contributed by atoms with Crippen molar-refractivity contribution in [1.29, 1.82) is 5.26 Å². The van der Waals surface area contributed by atoms with E-state index in [1.807, 2.05) is 7.05 Å². The van der Waals surface area contributed by atoms with Crippen LogP contribution in [-0.2, 0) is 4.79 Å². The first-order chi connectivity index (χ1) is 9.20. The average Bonchev–Trinajstić information content (AvgIpc) is 2.36. The van der Waals surface area contributed by atoms with Gasteiger partial charge in [0.15, 0.2) is 0 Å². The second-order valence-corrected chi connectivity index (χ2v) is 6.64. The van der Waals surface area contributed by atoms with Crippen LogP contribution in [0, 0.1) is 11.3 Å². The largest absolute Gasteiger partial charge is 0.389 e. The van der Waals surface area contributed by atoms with E-state index in [2.05, 4.69) is 6.07 Å². The maximum atomic E-state index is 12.4. The molecule has 1 fully saturated rings. The highest BCUT2D eigenvalue weighted by Crippen LogP contribution is 2.32. The smallest absolute Gasteiger partial charge is 0.237 e. The van der Waals surface area contributed by atoms with Gasteiger partial charge in [-0.2, -0.15) is 5.26 Å². The van der Waals surface area contributed by atoms with Gasteiger partial charge in [-0.05, 0) is 33.7 Å². The highest BCUT2D eigenvalue weighted by molar-refractivity contribution is 5.79. The number of hydrogen-bond acceptors (Lipinski definition) is 4. The van der Waals surface area contributed by atoms with Gasteiger partial charge in [-0.1, -0.05) is 19.3 Å². The molecule has 0 spiro atoms. The van der Waals surface area contributed by atoms with Gasteiger partial charge in [0.25, 0.3) is 0 Å². The molecule has 0 radical (unpaired) electrons. The molecule has 5 heteroatoms. The Hall–Kier alpha value is -1.12. The molecule has 0 atom stereocenters. The van der Waals surface area contributed by atoms with Crippen molar-refractivity contribution < 1.29 is 9.90 Å². The van der Waals surface area contributed by atoms with Crippen LogP contribution in [-0.4, -0.2) is 59.1 Å². The van der Waals surface area contributed by atoms with Gasteiger partial charge >= 0.3 is 0 Å². The van der Waals surface area contributed by atoms with E-state index in [1.54, 1.807) is 30.7 Å². The Balaban J connectivity index is 2.64. The Morgan fingerprint density at radius 1 is 1.30 bits per heavy atom. The number of carbonyl (C=O) groups excluding carboxylic acids is 1. The molecule has 20 heavy (non-hydrogen) atoms. The Morgan fingerprint density at radius 2 is 1.85 bits per heavy atom. The number of carbonyl (C=O) groups is 1. The lowest BCUT2D eigenvalue weighted by Crippen LogP contribution is -2.53. The van der Waals surface area contributed by atoms with E-state index in [4.69, 9.17) is 0 Å². The molecule has 0 aliphatic heterocycles. The zero-order chi connectivity index (χ0) is 15.4. The molecule has 0 saturated heterocycles. The minimum absolute atomic E-state index is 0.0554. The standard InChI is InChI=1S/C15H27N3O2/c1-14(2,20)12-17(3)10-13(19)18(4)15(11-16)8-6-5-7-9-15/h20H,5-10,12H2,1-4H3. The van der Waals surface area contributed by atoms with Crippen LogP contribution in [0.4, 0.5) is 0 Å². The molecule has 1 amide bonds. The number of hydrogen-bond donors (Lipinski definition) is 1. The number of nitrogens with zero attached hydrogens (tertiary/aromatic N) is 3. The summed E-state index contributed by atoms with van der Waals surface area (Å²) in [5.41, 5.74) is -1.46. The number of rotatable bonds is 5. The van der Waals surface area contributed by atoms with Crippen LogP contribution >= 0.6 is 0 Å². The average molecular weight is 281 g/mol. The lowest BCUT2D eigenvalue weighted by atomic mass is 9.81.